The smallest absolute Gasteiger partial charge is 0.328 e. The number of amides is 3. The summed E-state index contributed by atoms with van der Waals surface area (Å²) in [4.78, 5) is 39.9. The third-order valence-electron chi connectivity index (χ3n) is 7.23. The number of nitrogens with one attached hydrogen (secondary N) is 3. The molecule has 0 aliphatic heterocycles. The Hall–Kier alpha value is -5.06. The van der Waals surface area contributed by atoms with Gasteiger partial charge in [-0.3, -0.25) is 4.79 Å². The van der Waals surface area contributed by atoms with Crippen LogP contribution >= 0.6 is 0 Å². The van der Waals surface area contributed by atoms with Crippen LogP contribution in [0.2, 0.25) is 0 Å². The Labute approximate surface area is 250 Å². The molecule has 224 valence electrons. The normalized spacial score (nSPS) is 11.5. The van der Waals surface area contributed by atoms with Crippen molar-refractivity contribution in [3.05, 3.63) is 82.9 Å². The van der Waals surface area contributed by atoms with E-state index in [0.29, 0.717) is 17.9 Å². The van der Waals surface area contributed by atoms with Crippen LogP contribution in [0.25, 0.3) is 22.5 Å². The van der Waals surface area contributed by atoms with E-state index in [2.05, 4.69) is 31.3 Å². The van der Waals surface area contributed by atoms with Gasteiger partial charge >= 0.3 is 12.0 Å². The number of aryl methyl sites for hydroxylation is 3. The number of hydrogen-bond donors (Lipinski definition) is 4. The summed E-state index contributed by atoms with van der Waals surface area (Å²) >= 11 is 0. The number of carboxylic acids is 1. The fourth-order valence-corrected chi connectivity index (χ4v) is 5.09. The molecule has 1 atom stereocenters. The number of aromatic amines is 1. The van der Waals surface area contributed by atoms with E-state index in [-0.39, 0.29) is 25.4 Å². The summed E-state index contributed by atoms with van der Waals surface area (Å²) in [6.45, 7) is 7.58. The van der Waals surface area contributed by atoms with Crippen molar-refractivity contribution < 1.29 is 19.5 Å². The number of carbonyl (C=O) groups is 3. The summed E-state index contributed by atoms with van der Waals surface area (Å²) in [5.74, 6) is -1.01. The first kappa shape index (κ1) is 30.9. The third-order valence-corrected chi connectivity index (χ3v) is 7.23. The Bertz CT molecular complexity index is 1550. The number of nitrogens with zero attached hydrogens (tertiary/aromatic N) is 4. The minimum absolute atomic E-state index is 0.0752. The summed E-state index contributed by atoms with van der Waals surface area (Å²) < 4.78 is 0. The van der Waals surface area contributed by atoms with Crippen LogP contribution in [-0.4, -0.2) is 61.1 Å². The van der Waals surface area contributed by atoms with E-state index >= 15 is 0 Å². The van der Waals surface area contributed by atoms with E-state index in [1.807, 2.05) is 88.4 Å². The monoisotopic (exact) mass is 583 g/mol. The van der Waals surface area contributed by atoms with E-state index in [1.54, 1.807) is 0 Å². The Balaban J connectivity index is 1.52. The lowest BCUT2D eigenvalue weighted by atomic mass is 9.98. The Morgan fingerprint density at radius 3 is 2.26 bits per heavy atom. The number of unbranched alkanes of at least 4 members (excludes halogenated alkanes) is 1. The molecule has 11 heteroatoms. The zero-order valence-corrected chi connectivity index (χ0v) is 24.8. The average Bonchev–Trinajstić information content (AvgIpc) is 3.52. The molecule has 4 rings (SSSR count). The van der Waals surface area contributed by atoms with Gasteiger partial charge in [0.15, 0.2) is 0 Å². The van der Waals surface area contributed by atoms with Gasteiger partial charge in [0.2, 0.25) is 11.7 Å². The highest BCUT2D eigenvalue weighted by atomic mass is 16.4. The highest BCUT2D eigenvalue weighted by molar-refractivity contribution is 5.92. The number of rotatable bonds is 12. The lowest BCUT2D eigenvalue weighted by Gasteiger charge is -2.29. The molecule has 0 bridgehead atoms. The zero-order valence-electron chi connectivity index (χ0n) is 24.8. The molecule has 0 fully saturated rings. The number of aliphatic carboxylic acids is 1. The van der Waals surface area contributed by atoms with Crippen molar-refractivity contribution >= 4 is 23.6 Å². The molecule has 1 unspecified atom stereocenters. The predicted molar refractivity (Wildman–Crippen MR) is 164 cm³/mol. The van der Waals surface area contributed by atoms with E-state index < -0.39 is 18.0 Å². The lowest BCUT2D eigenvalue weighted by molar-refractivity contribution is -0.150. The fraction of sp³-hybridized carbons (Fsp3) is 0.312. The van der Waals surface area contributed by atoms with Crippen molar-refractivity contribution in [2.24, 2.45) is 0 Å². The molecule has 0 aliphatic carbocycles. The first-order chi connectivity index (χ1) is 20.7. The van der Waals surface area contributed by atoms with Crippen molar-refractivity contribution in [2.75, 3.05) is 11.9 Å². The van der Waals surface area contributed by atoms with Crippen molar-refractivity contribution in [3.63, 3.8) is 0 Å². The molecule has 0 saturated heterocycles. The number of carboxylic acid groups (broad SMARTS) is 1. The SMILES string of the molecule is CCCCC(=O)N(Cc1ccc(-c2ccccc2-c2nn[nH]n2)cc1)C(CNC(=O)Nc1c(C)cc(C)cc1C)C(=O)O. The molecule has 0 saturated carbocycles. The van der Waals surface area contributed by atoms with Crippen molar-refractivity contribution in [3.8, 4) is 22.5 Å². The van der Waals surface area contributed by atoms with Gasteiger partial charge in [-0.05, 0) is 60.2 Å². The highest BCUT2D eigenvalue weighted by Gasteiger charge is 2.30. The van der Waals surface area contributed by atoms with Gasteiger partial charge in [0.1, 0.15) is 6.04 Å². The molecule has 1 aromatic heterocycles. The van der Waals surface area contributed by atoms with Gasteiger partial charge in [-0.1, -0.05) is 79.6 Å². The molecule has 1 heterocycles. The number of benzene rings is 3. The first-order valence-electron chi connectivity index (χ1n) is 14.2. The van der Waals surface area contributed by atoms with E-state index in [9.17, 15) is 19.5 Å². The van der Waals surface area contributed by atoms with Crippen molar-refractivity contribution in [1.29, 1.82) is 0 Å². The minimum Gasteiger partial charge on any atom is -0.480 e. The maximum atomic E-state index is 13.3. The molecular formula is C32H37N7O4. The zero-order chi connectivity index (χ0) is 30.9. The topological polar surface area (TPSA) is 153 Å². The van der Waals surface area contributed by atoms with Crippen molar-refractivity contribution in [1.82, 2.24) is 30.8 Å². The van der Waals surface area contributed by atoms with Gasteiger partial charge in [-0.2, -0.15) is 5.21 Å². The number of anilines is 1. The molecule has 11 nitrogen and oxygen atoms in total. The number of H-pyrrole nitrogens is 1. The van der Waals surface area contributed by atoms with Crippen LogP contribution in [0.1, 0.15) is 48.4 Å². The maximum absolute atomic E-state index is 13.3. The minimum atomic E-state index is -1.26. The van der Waals surface area contributed by atoms with Crippen LogP contribution in [0.5, 0.6) is 0 Å². The molecule has 0 spiro atoms. The van der Waals surface area contributed by atoms with Gasteiger partial charge in [0, 0.05) is 24.2 Å². The number of urea groups is 1. The molecule has 0 radical (unpaired) electrons. The van der Waals surface area contributed by atoms with Crippen LogP contribution in [0, 0.1) is 20.8 Å². The van der Waals surface area contributed by atoms with Crippen LogP contribution in [-0.2, 0) is 16.1 Å². The summed E-state index contributed by atoms with van der Waals surface area (Å²) in [6, 6.07) is 17.4. The lowest BCUT2D eigenvalue weighted by Crippen LogP contribution is -2.51. The van der Waals surface area contributed by atoms with Crippen molar-refractivity contribution in [2.45, 2.75) is 59.5 Å². The number of tetrazole rings is 1. The molecule has 3 aromatic carbocycles. The largest absolute Gasteiger partial charge is 0.480 e. The van der Waals surface area contributed by atoms with Crippen LogP contribution < -0.4 is 10.6 Å². The molecule has 3 amide bonds. The Kier molecular flexibility index (Phi) is 10.2. The second-order valence-corrected chi connectivity index (χ2v) is 10.6. The molecule has 0 aliphatic rings. The van der Waals surface area contributed by atoms with E-state index in [4.69, 9.17) is 0 Å². The van der Waals surface area contributed by atoms with E-state index in [0.717, 1.165) is 45.4 Å². The molecule has 4 N–H and O–H groups in total. The molecular weight excluding hydrogens is 546 g/mol. The summed E-state index contributed by atoms with van der Waals surface area (Å²) in [7, 11) is 0. The van der Waals surface area contributed by atoms with Gasteiger partial charge in [-0.25, -0.2) is 9.59 Å². The predicted octanol–water partition coefficient (Wildman–Crippen LogP) is 5.25. The maximum Gasteiger partial charge on any atom is 0.328 e. The summed E-state index contributed by atoms with van der Waals surface area (Å²) in [5, 5.41) is 30.0. The van der Waals surface area contributed by atoms with Gasteiger partial charge in [0.05, 0.1) is 6.54 Å². The summed E-state index contributed by atoms with van der Waals surface area (Å²) in [5.41, 5.74) is 6.94. The van der Waals surface area contributed by atoms with Gasteiger partial charge in [0.25, 0.3) is 0 Å². The quantitative estimate of drug-likeness (QED) is 0.178. The van der Waals surface area contributed by atoms with Crippen LogP contribution in [0.3, 0.4) is 0 Å². The first-order valence-corrected chi connectivity index (χ1v) is 14.2. The average molecular weight is 584 g/mol. The fourth-order valence-electron chi connectivity index (χ4n) is 5.09. The second-order valence-electron chi connectivity index (χ2n) is 10.6. The number of carbonyl (C=O) groups excluding carboxylic acids is 2. The third kappa shape index (κ3) is 7.82. The second kappa shape index (κ2) is 14.2. The molecule has 43 heavy (non-hydrogen) atoms. The van der Waals surface area contributed by atoms with Crippen LogP contribution in [0.15, 0.2) is 60.7 Å². The number of hydrogen-bond acceptors (Lipinski definition) is 6. The van der Waals surface area contributed by atoms with Crippen LogP contribution in [0.4, 0.5) is 10.5 Å². The van der Waals surface area contributed by atoms with E-state index in [1.165, 1.54) is 4.90 Å². The Morgan fingerprint density at radius 1 is 0.977 bits per heavy atom. The highest BCUT2D eigenvalue weighted by Crippen LogP contribution is 2.30. The Morgan fingerprint density at radius 2 is 1.65 bits per heavy atom. The molecule has 4 aromatic rings. The van der Waals surface area contributed by atoms with Gasteiger partial charge in [-0.15, -0.1) is 10.2 Å². The van der Waals surface area contributed by atoms with Gasteiger partial charge < -0.3 is 20.6 Å². The standard InChI is InChI=1S/C32H37N7O4/c1-5-6-11-28(40)39(27(31(41)42)18-33-32(43)34-29-21(3)16-20(2)17-22(29)4)19-23-12-14-24(15-13-23)25-9-7-8-10-26(25)30-35-37-38-36-30/h7-10,12-17,27H,5-6,11,18-19H2,1-4H3,(H,41,42)(H2,33,34,43)(H,35,36,37,38). The number of aromatic nitrogens is 4. The summed E-state index contributed by atoms with van der Waals surface area (Å²) in [6.07, 6.45) is 1.64.